The lowest BCUT2D eigenvalue weighted by Crippen LogP contribution is -2.27. The molecular weight excluding hydrogens is 316 g/mol. The van der Waals surface area contributed by atoms with Crippen molar-refractivity contribution < 1.29 is 4.79 Å². The number of anilines is 2. The Labute approximate surface area is 148 Å². The molecule has 1 aromatic carbocycles. The molecule has 0 atom stereocenters. The maximum Gasteiger partial charge on any atom is 0.190 e. The minimum Gasteiger partial charge on any atom is -0.321 e. The van der Waals surface area contributed by atoms with Gasteiger partial charge in [0, 0.05) is 34.0 Å². The van der Waals surface area contributed by atoms with Crippen LogP contribution in [-0.4, -0.2) is 17.8 Å². The second kappa shape index (κ2) is 5.55. The molecule has 24 heavy (non-hydrogen) atoms. The molecule has 2 aromatic rings. The van der Waals surface area contributed by atoms with Crippen LogP contribution in [0.25, 0.3) is 0 Å². The molecule has 1 heterocycles. The smallest absolute Gasteiger partial charge is 0.190 e. The van der Waals surface area contributed by atoms with Crippen LogP contribution in [0.15, 0.2) is 36.4 Å². The summed E-state index contributed by atoms with van der Waals surface area (Å²) in [5.74, 6) is 0.0866. The highest BCUT2D eigenvalue weighted by molar-refractivity contribution is 7.16. The monoisotopic (exact) mass is 340 g/mol. The second-order valence-electron chi connectivity index (χ2n) is 7.61. The molecular formula is C20H24N2OS. The Balaban J connectivity index is 1.99. The molecule has 4 heteroatoms. The van der Waals surface area contributed by atoms with Crippen molar-refractivity contribution in [2.24, 2.45) is 0 Å². The molecule has 3 nitrogen and oxygen atoms in total. The first-order valence-electron chi connectivity index (χ1n) is 8.19. The predicted molar refractivity (Wildman–Crippen MR) is 102 cm³/mol. The van der Waals surface area contributed by atoms with Crippen LogP contribution in [0.2, 0.25) is 0 Å². The van der Waals surface area contributed by atoms with Gasteiger partial charge in [0.1, 0.15) is 0 Å². The maximum absolute atomic E-state index is 11.4. The molecule has 0 saturated carbocycles. The third-order valence-electron chi connectivity index (χ3n) is 4.68. The van der Waals surface area contributed by atoms with Crippen molar-refractivity contribution in [2.75, 3.05) is 11.9 Å². The summed E-state index contributed by atoms with van der Waals surface area (Å²) in [6.07, 6.45) is 4.55. The van der Waals surface area contributed by atoms with Gasteiger partial charge in [-0.1, -0.05) is 39.8 Å². The first-order chi connectivity index (χ1) is 11.1. The van der Waals surface area contributed by atoms with Gasteiger partial charge in [-0.05, 0) is 31.2 Å². The second-order valence-corrected chi connectivity index (χ2v) is 8.59. The van der Waals surface area contributed by atoms with Gasteiger partial charge < -0.3 is 4.90 Å². The minimum absolute atomic E-state index is 0.0140. The van der Waals surface area contributed by atoms with E-state index in [4.69, 9.17) is 4.98 Å². The minimum atomic E-state index is -0.0427. The van der Waals surface area contributed by atoms with E-state index < -0.39 is 0 Å². The van der Waals surface area contributed by atoms with Crippen LogP contribution in [0.1, 0.15) is 55.5 Å². The fourth-order valence-corrected chi connectivity index (χ4v) is 4.23. The van der Waals surface area contributed by atoms with Gasteiger partial charge in [-0.3, -0.25) is 4.79 Å². The Morgan fingerprint density at radius 1 is 1.04 bits per heavy atom. The number of benzene rings is 1. The van der Waals surface area contributed by atoms with E-state index in [9.17, 15) is 4.79 Å². The molecule has 0 N–H and O–H groups in total. The third-order valence-corrected chi connectivity index (χ3v) is 6.15. The summed E-state index contributed by atoms with van der Waals surface area (Å²) in [6.45, 7) is 10.5. The van der Waals surface area contributed by atoms with Crippen molar-refractivity contribution in [3.8, 4) is 0 Å². The SMILES string of the molecule is CC(=O)c1ccc(N(C)c2nc3c(s2)C(C)(C)C=CC3(C)C)cc1. The first-order valence-corrected chi connectivity index (χ1v) is 9.00. The molecule has 1 aliphatic carbocycles. The Hall–Kier alpha value is -1.94. The van der Waals surface area contributed by atoms with Crippen LogP contribution in [0.3, 0.4) is 0 Å². The normalized spacial score (nSPS) is 17.4. The maximum atomic E-state index is 11.4. The van der Waals surface area contributed by atoms with Crippen LogP contribution >= 0.6 is 11.3 Å². The van der Waals surface area contributed by atoms with Crippen LogP contribution in [0, 0.1) is 0 Å². The Kier molecular flexibility index (Phi) is 3.91. The van der Waals surface area contributed by atoms with Crippen molar-refractivity contribution in [1.29, 1.82) is 0 Å². The summed E-state index contributed by atoms with van der Waals surface area (Å²) < 4.78 is 0. The number of Topliss-reactive ketones (excluding diaryl/α,β-unsaturated/α-hetero) is 1. The summed E-state index contributed by atoms with van der Waals surface area (Å²) in [7, 11) is 2.03. The molecule has 0 saturated heterocycles. The van der Waals surface area contributed by atoms with Gasteiger partial charge in [-0.15, -0.1) is 11.3 Å². The Bertz CT molecular complexity index is 777. The standard InChI is InChI=1S/C20H24N2OS/c1-13(23)14-7-9-15(10-8-14)22(6)18-21-16-17(24-18)20(4,5)12-11-19(16,2)3/h7-12H,1-6H3. The molecule has 0 aliphatic heterocycles. The number of allylic oxidation sites excluding steroid dienone is 2. The zero-order valence-corrected chi connectivity index (χ0v) is 16.0. The predicted octanol–water partition coefficient (Wildman–Crippen LogP) is 5.24. The molecule has 1 aromatic heterocycles. The average molecular weight is 340 g/mol. The van der Waals surface area contributed by atoms with E-state index in [1.54, 1.807) is 18.3 Å². The van der Waals surface area contributed by atoms with Gasteiger partial charge in [0.25, 0.3) is 0 Å². The molecule has 0 bridgehead atoms. The number of thiazole rings is 1. The van der Waals surface area contributed by atoms with Crippen molar-refractivity contribution in [2.45, 2.75) is 45.4 Å². The summed E-state index contributed by atoms with van der Waals surface area (Å²) in [6, 6.07) is 7.70. The number of rotatable bonds is 3. The van der Waals surface area contributed by atoms with E-state index in [-0.39, 0.29) is 16.6 Å². The van der Waals surface area contributed by atoms with Gasteiger partial charge in [-0.2, -0.15) is 0 Å². The fraction of sp³-hybridized carbons (Fsp3) is 0.400. The molecule has 0 radical (unpaired) electrons. The van der Waals surface area contributed by atoms with Gasteiger partial charge in [0.05, 0.1) is 5.69 Å². The lowest BCUT2D eigenvalue weighted by atomic mass is 9.75. The lowest BCUT2D eigenvalue weighted by Gasteiger charge is -2.32. The van der Waals surface area contributed by atoms with Gasteiger partial charge in [0.2, 0.25) is 0 Å². The van der Waals surface area contributed by atoms with Gasteiger partial charge in [0.15, 0.2) is 10.9 Å². The van der Waals surface area contributed by atoms with Gasteiger partial charge >= 0.3 is 0 Å². The van der Waals surface area contributed by atoms with Crippen LogP contribution in [-0.2, 0) is 10.8 Å². The van der Waals surface area contributed by atoms with E-state index in [2.05, 4.69) is 44.7 Å². The van der Waals surface area contributed by atoms with E-state index in [0.717, 1.165) is 16.4 Å². The zero-order chi connectivity index (χ0) is 17.7. The van der Waals surface area contributed by atoms with E-state index in [1.165, 1.54) is 10.6 Å². The summed E-state index contributed by atoms with van der Waals surface area (Å²) >= 11 is 1.75. The first kappa shape index (κ1) is 16.9. The number of aromatic nitrogens is 1. The van der Waals surface area contributed by atoms with E-state index >= 15 is 0 Å². The highest BCUT2D eigenvalue weighted by atomic mass is 32.1. The molecule has 0 unspecified atom stereocenters. The number of fused-ring (bicyclic) bond motifs is 1. The van der Waals surface area contributed by atoms with Crippen molar-refractivity contribution in [3.63, 3.8) is 0 Å². The fourth-order valence-electron chi connectivity index (χ4n) is 2.93. The van der Waals surface area contributed by atoms with E-state index in [1.807, 2.05) is 31.3 Å². The van der Waals surface area contributed by atoms with Crippen LogP contribution in [0.4, 0.5) is 10.8 Å². The quantitative estimate of drug-likeness (QED) is 0.566. The summed E-state index contributed by atoms with van der Waals surface area (Å²) in [5, 5.41) is 0.987. The zero-order valence-electron chi connectivity index (χ0n) is 15.2. The van der Waals surface area contributed by atoms with Crippen molar-refractivity contribution in [1.82, 2.24) is 4.98 Å². The van der Waals surface area contributed by atoms with Crippen molar-refractivity contribution in [3.05, 3.63) is 52.6 Å². The third kappa shape index (κ3) is 2.80. The number of hydrogen-bond donors (Lipinski definition) is 0. The Morgan fingerprint density at radius 3 is 2.17 bits per heavy atom. The summed E-state index contributed by atoms with van der Waals surface area (Å²) in [4.78, 5) is 19.8. The number of nitrogens with zero attached hydrogens (tertiary/aromatic N) is 2. The summed E-state index contributed by atoms with van der Waals surface area (Å²) in [5.41, 5.74) is 2.91. The number of ketones is 1. The Morgan fingerprint density at radius 2 is 1.62 bits per heavy atom. The lowest BCUT2D eigenvalue weighted by molar-refractivity contribution is 0.101. The number of carbonyl (C=O) groups is 1. The van der Waals surface area contributed by atoms with Crippen LogP contribution in [0.5, 0.6) is 0 Å². The highest BCUT2D eigenvalue weighted by Gasteiger charge is 2.37. The topological polar surface area (TPSA) is 33.2 Å². The van der Waals surface area contributed by atoms with Gasteiger partial charge in [-0.25, -0.2) is 4.98 Å². The molecule has 0 fully saturated rings. The molecule has 0 spiro atoms. The molecule has 3 rings (SSSR count). The molecule has 126 valence electrons. The largest absolute Gasteiger partial charge is 0.321 e. The highest BCUT2D eigenvalue weighted by Crippen LogP contribution is 2.46. The molecule has 0 amide bonds. The average Bonchev–Trinajstić information content (AvgIpc) is 2.99. The number of carbonyl (C=O) groups excluding carboxylic acids is 1. The molecule has 1 aliphatic rings. The van der Waals surface area contributed by atoms with Crippen molar-refractivity contribution >= 4 is 27.9 Å². The number of hydrogen-bond acceptors (Lipinski definition) is 4. The van der Waals surface area contributed by atoms with Crippen LogP contribution < -0.4 is 4.90 Å². The van der Waals surface area contributed by atoms with E-state index in [0.29, 0.717) is 0 Å².